The first-order valence-electron chi connectivity index (χ1n) is 8.94. The molecule has 0 saturated heterocycles. The van der Waals surface area contributed by atoms with Gasteiger partial charge in [-0.05, 0) is 30.5 Å². The first-order chi connectivity index (χ1) is 12.8. The van der Waals surface area contributed by atoms with E-state index in [1.165, 1.54) is 0 Å². The van der Waals surface area contributed by atoms with Crippen LogP contribution in [-0.2, 0) is 17.9 Å². The predicted molar refractivity (Wildman–Crippen MR) is 101 cm³/mol. The van der Waals surface area contributed by atoms with Gasteiger partial charge in [0.05, 0.1) is 12.9 Å². The van der Waals surface area contributed by atoms with E-state index in [1.54, 1.807) is 13.3 Å². The van der Waals surface area contributed by atoms with Gasteiger partial charge in [0.25, 0.3) is 0 Å². The van der Waals surface area contributed by atoms with E-state index in [4.69, 9.17) is 13.9 Å². The molecule has 0 fully saturated rings. The standard InChI is InChI=1S/C19H28N4O3/c1-3-10-26-18-8-7-16(13-22-18)14-23-19(20-2)21-9-5-11-24-15-17-6-4-12-25-17/h4,6-8,12-13H,3,5,9-11,14-15H2,1-2H3,(H2,20,21,23). The molecule has 0 aliphatic heterocycles. The van der Waals surface area contributed by atoms with Crippen LogP contribution in [0.2, 0.25) is 0 Å². The van der Waals surface area contributed by atoms with Gasteiger partial charge in [-0.15, -0.1) is 0 Å². The summed E-state index contributed by atoms with van der Waals surface area (Å²) >= 11 is 0. The molecule has 2 aromatic heterocycles. The van der Waals surface area contributed by atoms with Crippen molar-refractivity contribution in [3.05, 3.63) is 48.0 Å². The smallest absolute Gasteiger partial charge is 0.213 e. The van der Waals surface area contributed by atoms with Crippen LogP contribution in [0.3, 0.4) is 0 Å². The molecule has 0 aliphatic carbocycles. The van der Waals surface area contributed by atoms with Crippen molar-refractivity contribution >= 4 is 5.96 Å². The van der Waals surface area contributed by atoms with E-state index in [1.807, 2.05) is 30.5 Å². The Morgan fingerprint density at radius 1 is 1.23 bits per heavy atom. The highest BCUT2D eigenvalue weighted by Crippen LogP contribution is 2.07. The largest absolute Gasteiger partial charge is 0.478 e. The molecule has 0 amide bonds. The van der Waals surface area contributed by atoms with Crippen LogP contribution < -0.4 is 15.4 Å². The van der Waals surface area contributed by atoms with Crippen LogP contribution in [0.1, 0.15) is 31.1 Å². The minimum absolute atomic E-state index is 0.505. The van der Waals surface area contributed by atoms with Crippen molar-refractivity contribution in [1.29, 1.82) is 0 Å². The lowest BCUT2D eigenvalue weighted by molar-refractivity contribution is 0.105. The molecular formula is C19H28N4O3. The number of aliphatic imine (C=N–C) groups is 1. The maximum absolute atomic E-state index is 5.55. The summed E-state index contributed by atoms with van der Waals surface area (Å²) in [6.07, 6.45) is 5.32. The molecule has 0 spiro atoms. The van der Waals surface area contributed by atoms with Gasteiger partial charge in [-0.1, -0.05) is 13.0 Å². The van der Waals surface area contributed by atoms with Crippen LogP contribution >= 0.6 is 0 Å². The number of hydrogen-bond donors (Lipinski definition) is 2. The summed E-state index contributed by atoms with van der Waals surface area (Å²) in [5.74, 6) is 2.25. The summed E-state index contributed by atoms with van der Waals surface area (Å²) in [4.78, 5) is 8.50. The van der Waals surface area contributed by atoms with Gasteiger partial charge in [-0.25, -0.2) is 4.98 Å². The van der Waals surface area contributed by atoms with Crippen LogP contribution in [0.15, 0.2) is 46.1 Å². The van der Waals surface area contributed by atoms with Crippen molar-refractivity contribution in [1.82, 2.24) is 15.6 Å². The highest BCUT2D eigenvalue weighted by molar-refractivity contribution is 5.79. The first-order valence-corrected chi connectivity index (χ1v) is 8.94. The van der Waals surface area contributed by atoms with Crippen LogP contribution in [-0.4, -0.2) is 37.7 Å². The zero-order valence-corrected chi connectivity index (χ0v) is 15.5. The molecule has 0 aromatic carbocycles. The van der Waals surface area contributed by atoms with E-state index in [0.29, 0.717) is 32.2 Å². The zero-order valence-electron chi connectivity index (χ0n) is 15.5. The number of pyridine rings is 1. The van der Waals surface area contributed by atoms with Gasteiger partial charge >= 0.3 is 0 Å². The van der Waals surface area contributed by atoms with Gasteiger partial charge < -0.3 is 24.5 Å². The van der Waals surface area contributed by atoms with Gasteiger partial charge in [-0.2, -0.15) is 0 Å². The topological polar surface area (TPSA) is 80.9 Å². The molecule has 7 heteroatoms. The Morgan fingerprint density at radius 3 is 2.85 bits per heavy atom. The molecular weight excluding hydrogens is 332 g/mol. The van der Waals surface area contributed by atoms with Crippen molar-refractivity contribution in [2.45, 2.75) is 32.9 Å². The summed E-state index contributed by atoms with van der Waals surface area (Å²) in [5.41, 5.74) is 1.07. The second kappa shape index (κ2) is 11.9. The van der Waals surface area contributed by atoms with Crippen LogP contribution in [0, 0.1) is 0 Å². The Bertz CT molecular complexity index is 627. The number of aromatic nitrogens is 1. The van der Waals surface area contributed by atoms with Crippen LogP contribution in [0.25, 0.3) is 0 Å². The molecule has 26 heavy (non-hydrogen) atoms. The van der Waals surface area contributed by atoms with E-state index >= 15 is 0 Å². The third-order valence-corrected chi connectivity index (χ3v) is 3.52. The van der Waals surface area contributed by atoms with Gasteiger partial charge in [0, 0.05) is 39.0 Å². The van der Waals surface area contributed by atoms with Crippen molar-refractivity contribution in [2.75, 3.05) is 26.8 Å². The second-order valence-corrected chi connectivity index (χ2v) is 5.69. The van der Waals surface area contributed by atoms with Gasteiger partial charge in [0.15, 0.2) is 5.96 Å². The van der Waals surface area contributed by atoms with Gasteiger partial charge in [0.1, 0.15) is 12.4 Å². The van der Waals surface area contributed by atoms with Crippen molar-refractivity contribution < 1.29 is 13.9 Å². The third kappa shape index (κ3) is 7.57. The Morgan fingerprint density at radius 2 is 2.15 bits per heavy atom. The monoisotopic (exact) mass is 360 g/mol. The van der Waals surface area contributed by atoms with Crippen molar-refractivity contribution in [3.8, 4) is 5.88 Å². The minimum Gasteiger partial charge on any atom is -0.478 e. The summed E-state index contributed by atoms with van der Waals surface area (Å²) in [6.45, 7) is 5.35. The van der Waals surface area contributed by atoms with E-state index in [0.717, 1.165) is 36.7 Å². The highest BCUT2D eigenvalue weighted by atomic mass is 16.5. The fourth-order valence-electron chi connectivity index (χ4n) is 2.16. The molecule has 0 aliphatic rings. The predicted octanol–water partition coefficient (Wildman–Crippen LogP) is 2.74. The maximum atomic E-state index is 5.55. The Balaban J connectivity index is 1.58. The Kier molecular flexibility index (Phi) is 9.07. The highest BCUT2D eigenvalue weighted by Gasteiger charge is 2.01. The fourth-order valence-corrected chi connectivity index (χ4v) is 2.16. The molecule has 142 valence electrons. The van der Waals surface area contributed by atoms with Gasteiger partial charge in [0.2, 0.25) is 5.88 Å². The normalized spacial score (nSPS) is 11.4. The molecule has 2 heterocycles. The lowest BCUT2D eigenvalue weighted by Crippen LogP contribution is -2.37. The molecule has 7 nitrogen and oxygen atoms in total. The van der Waals surface area contributed by atoms with Gasteiger partial charge in [-0.3, -0.25) is 4.99 Å². The summed E-state index contributed by atoms with van der Waals surface area (Å²) < 4.78 is 16.2. The SMILES string of the molecule is CCCOc1ccc(CNC(=NC)NCCCOCc2ccco2)cn1. The molecule has 2 rings (SSSR count). The minimum atomic E-state index is 0.505. The lowest BCUT2D eigenvalue weighted by Gasteiger charge is -2.12. The number of hydrogen-bond acceptors (Lipinski definition) is 5. The molecule has 2 N–H and O–H groups in total. The number of nitrogens with one attached hydrogen (secondary N) is 2. The molecule has 0 unspecified atom stereocenters. The quantitative estimate of drug-likeness (QED) is 0.364. The first kappa shape index (κ1) is 19.8. The Labute approximate surface area is 154 Å². The van der Waals surface area contributed by atoms with Crippen LogP contribution in [0.4, 0.5) is 0 Å². The molecule has 2 aromatic rings. The van der Waals surface area contributed by atoms with E-state index in [2.05, 4.69) is 27.5 Å². The lowest BCUT2D eigenvalue weighted by atomic mass is 10.3. The number of ether oxygens (including phenoxy) is 2. The summed E-state index contributed by atoms with van der Waals surface area (Å²) in [5, 5.41) is 6.53. The van der Waals surface area contributed by atoms with Crippen molar-refractivity contribution in [2.24, 2.45) is 4.99 Å². The number of furan rings is 1. The summed E-state index contributed by atoms with van der Waals surface area (Å²) in [6, 6.07) is 7.65. The average molecular weight is 360 g/mol. The molecule has 0 atom stereocenters. The molecule has 0 saturated carbocycles. The van der Waals surface area contributed by atoms with E-state index in [9.17, 15) is 0 Å². The summed E-state index contributed by atoms with van der Waals surface area (Å²) in [7, 11) is 1.75. The maximum Gasteiger partial charge on any atom is 0.213 e. The zero-order chi connectivity index (χ0) is 18.5. The van der Waals surface area contributed by atoms with Crippen LogP contribution in [0.5, 0.6) is 5.88 Å². The number of nitrogens with zero attached hydrogens (tertiary/aromatic N) is 2. The Hall–Kier alpha value is -2.54. The average Bonchev–Trinajstić information content (AvgIpc) is 3.19. The van der Waals surface area contributed by atoms with Crippen molar-refractivity contribution in [3.63, 3.8) is 0 Å². The molecule has 0 bridgehead atoms. The second-order valence-electron chi connectivity index (χ2n) is 5.69. The molecule has 0 radical (unpaired) electrons. The fraction of sp³-hybridized carbons (Fsp3) is 0.474. The number of guanidine groups is 1. The van der Waals surface area contributed by atoms with E-state index in [-0.39, 0.29) is 0 Å². The number of rotatable bonds is 11. The van der Waals surface area contributed by atoms with E-state index < -0.39 is 0 Å². The third-order valence-electron chi connectivity index (χ3n) is 3.52.